The van der Waals surface area contributed by atoms with Crippen molar-refractivity contribution in [3.63, 3.8) is 0 Å². The summed E-state index contributed by atoms with van der Waals surface area (Å²) in [6, 6.07) is 0. The first-order valence-electron chi connectivity index (χ1n) is 4.13. The molecule has 0 fully saturated rings. The summed E-state index contributed by atoms with van der Waals surface area (Å²) < 4.78 is 4.76. The Kier molecular flexibility index (Phi) is 3.22. The molecule has 1 aliphatic rings. The minimum absolute atomic E-state index is 0.171. The molecule has 0 aliphatic carbocycles. The van der Waals surface area contributed by atoms with Crippen LogP contribution in [0.5, 0.6) is 0 Å². The molecule has 0 N–H and O–H groups in total. The van der Waals surface area contributed by atoms with E-state index in [-0.39, 0.29) is 5.76 Å². The van der Waals surface area contributed by atoms with Crippen LogP contribution in [-0.4, -0.2) is 29.9 Å². The molecule has 0 amide bonds. The van der Waals surface area contributed by atoms with E-state index in [0.29, 0.717) is 5.57 Å². The molecular weight excluding hydrogens is 200 g/mol. The second-order valence-electron chi connectivity index (χ2n) is 3.09. The predicted octanol–water partition coefficient (Wildman–Crippen LogP) is 0.663. The Hall–Kier alpha value is -2.11. The van der Waals surface area contributed by atoms with Gasteiger partial charge in [-0.3, -0.25) is 10.1 Å². The SMILES string of the molecule is CN(C)/C=C1/C=C(C=C[N+](=O)[O-])OC1=O. The average molecular weight is 210 g/mol. The van der Waals surface area contributed by atoms with Crippen molar-refractivity contribution in [1.82, 2.24) is 4.90 Å². The summed E-state index contributed by atoms with van der Waals surface area (Å²) in [6.45, 7) is 0. The molecule has 0 saturated carbocycles. The lowest BCUT2D eigenvalue weighted by Crippen LogP contribution is -2.05. The van der Waals surface area contributed by atoms with E-state index in [1.54, 1.807) is 25.2 Å². The summed E-state index contributed by atoms with van der Waals surface area (Å²) in [5.74, 6) is -0.337. The first-order chi connectivity index (χ1) is 6.99. The highest BCUT2D eigenvalue weighted by Crippen LogP contribution is 2.17. The number of hydrogen-bond donors (Lipinski definition) is 0. The van der Waals surface area contributed by atoms with Gasteiger partial charge >= 0.3 is 5.97 Å². The van der Waals surface area contributed by atoms with Gasteiger partial charge in [-0.25, -0.2) is 4.79 Å². The second kappa shape index (κ2) is 4.41. The van der Waals surface area contributed by atoms with E-state index in [1.807, 2.05) is 0 Å². The monoisotopic (exact) mass is 210 g/mol. The van der Waals surface area contributed by atoms with Crippen molar-refractivity contribution in [2.24, 2.45) is 0 Å². The molecule has 0 spiro atoms. The van der Waals surface area contributed by atoms with E-state index in [9.17, 15) is 14.9 Å². The lowest BCUT2D eigenvalue weighted by atomic mass is 10.3. The van der Waals surface area contributed by atoms with Crippen molar-refractivity contribution < 1.29 is 14.5 Å². The third-order valence-corrected chi connectivity index (χ3v) is 1.50. The zero-order chi connectivity index (χ0) is 11.4. The van der Waals surface area contributed by atoms with Crippen molar-refractivity contribution in [2.75, 3.05) is 14.1 Å². The van der Waals surface area contributed by atoms with Crippen molar-refractivity contribution >= 4 is 5.97 Å². The third-order valence-electron chi connectivity index (χ3n) is 1.50. The van der Waals surface area contributed by atoms with Crippen LogP contribution in [0.15, 0.2) is 35.9 Å². The molecule has 0 saturated heterocycles. The highest BCUT2D eigenvalue weighted by atomic mass is 16.6. The van der Waals surface area contributed by atoms with Gasteiger partial charge < -0.3 is 9.64 Å². The number of carbonyl (C=O) groups is 1. The smallest absolute Gasteiger partial charge is 0.345 e. The maximum Gasteiger partial charge on any atom is 0.345 e. The molecule has 0 aromatic carbocycles. The number of carbonyl (C=O) groups excluding carboxylic acids is 1. The first kappa shape index (κ1) is 11.0. The molecule has 0 bridgehead atoms. The van der Waals surface area contributed by atoms with Crippen LogP contribution in [0.3, 0.4) is 0 Å². The largest absolute Gasteiger partial charge is 0.423 e. The van der Waals surface area contributed by atoms with E-state index in [1.165, 1.54) is 6.08 Å². The van der Waals surface area contributed by atoms with Gasteiger partial charge in [-0.05, 0) is 6.08 Å². The summed E-state index contributed by atoms with van der Waals surface area (Å²) >= 11 is 0. The Morgan fingerprint density at radius 3 is 2.73 bits per heavy atom. The minimum Gasteiger partial charge on any atom is -0.423 e. The Balaban J connectivity index is 2.80. The van der Waals surface area contributed by atoms with Crippen LogP contribution in [0, 0.1) is 10.1 Å². The maximum absolute atomic E-state index is 11.2. The van der Waals surface area contributed by atoms with Crippen molar-refractivity contribution in [1.29, 1.82) is 0 Å². The minimum atomic E-state index is -0.623. The molecular formula is C9H10N2O4. The van der Waals surface area contributed by atoms with Gasteiger partial charge in [-0.15, -0.1) is 0 Å². The summed E-state index contributed by atoms with van der Waals surface area (Å²) in [5.41, 5.74) is 0.364. The average Bonchev–Trinajstić information content (AvgIpc) is 2.43. The second-order valence-corrected chi connectivity index (χ2v) is 3.09. The van der Waals surface area contributed by atoms with Crippen LogP contribution in [0.25, 0.3) is 0 Å². The highest BCUT2D eigenvalue weighted by Gasteiger charge is 2.19. The van der Waals surface area contributed by atoms with Gasteiger partial charge in [0.2, 0.25) is 6.20 Å². The van der Waals surface area contributed by atoms with E-state index < -0.39 is 10.9 Å². The molecule has 0 aromatic heterocycles. The van der Waals surface area contributed by atoms with Crippen molar-refractivity contribution in [2.45, 2.75) is 0 Å². The fraction of sp³-hybridized carbons (Fsp3) is 0.222. The molecule has 1 heterocycles. The molecule has 0 aromatic rings. The molecule has 1 aliphatic heterocycles. The Bertz CT molecular complexity index is 380. The maximum atomic E-state index is 11.2. The molecule has 0 unspecified atom stereocenters. The number of nitrogens with zero attached hydrogens (tertiary/aromatic N) is 2. The number of rotatable bonds is 3. The van der Waals surface area contributed by atoms with Crippen LogP contribution in [-0.2, 0) is 9.53 Å². The molecule has 0 radical (unpaired) electrons. The van der Waals surface area contributed by atoms with Crippen LogP contribution in [0.4, 0.5) is 0 Å². The van der Waals surface area contributed by atoms with E-state index in [4.69, 9.17) is 4.74 Å². The third kappa shape index (κ3) is 3.26. The van der Waals surface area contributed by atoms with Gasteiger partial charge in [-0.1, -0.05) is 0 Å². The van der Waals surface area contributed by atoms with Gasteiger partial charge in [0, 0.05) is 20.3 Å². The zero-order valence-corrected chi connectivity index (χ0v) is 8.34. The Morgan fingerprint density at radius 2 is 2.20 bits per heavy atom. The van der Waals surface area contributed by atoms with Gasteiger partial charge in [0.05, 0.1) is 16.6 Å². The van der Waals surface area contributed by atoms with Crippen LogP contribution in [0.2, 0.25) is 0 Å². The van der Waals surface area contributed by atoms with Gasteiger partial charge in [0.1, 0.15) is 5.76 Å². The fourth-order valence-corrected chi connectivity index (χ4v) is 0.992. The van der Waals surface area contributed by atoms with E-state index in [2.05, 4.69) is 0 Å². The van der Waals surface area contributed by atoms with Crippen molar-refractivity contribution in [3.05, 3.63) is 46.0 Å². The van der Waals surface area contributed by atoms with Crippen molar-refractivity contribution in [3.8, 4) is 0 Å². The van der Waals surface area contributed by atoms with Gasteiger partial charge in [0.25, 0.3) is 0 Å². The summed E-state index contributed by atoms with van der Waals surface area (Å²) in [4.78, 5) is 22.3. The number of hydrogen-bond acceptors (Lipinski definition) is 5. The lowest BCUT2D eigenvalue weighted by molar-refractivity contribution is -0.402. The quantitative estimate of drug-likeness (QED) is 0.296. The van der Waals surface area contributed by atoms with Crippen LogP contribution < -0.4 is 0 Å². The molecule has 80 valence electrons. The predicted molar refractivity (Wildman–Crippen MR) is 52.1 cm³/mol. The van der Waals surface area contributed by atoms with Crippen LogP contribution in [0.1, 0.15) is 0 Å². The van der Waals surface area contributed by atoms with Gasteiger partial charge in [0.15, 0.2) is 0 Å². The van der Waals surface area contributed by atoms with E-state index in [0.717, 1.165) is 12.3 Å². The molecule has 1 rings (SSSR count). The number of ether oxygens (including phenoxy) is 1. The summed E-state index contributed by atoms with van der Waals surface area (Å²) in [5, 5.41) is 10.0. The Morgan fingerprint density at radius 1 is 1.53 bits per heavy atom. The molecule has 0 atom stereocenters. The lowest BCUT2D eigenvalue weighted by Gasteiger charge is -2.03. The standard InChI is InChI=1S/C9H10N2O4/c1-10(2)6-7-5-8(15-9(7)12)3-4-11(13)14/h3-6H,1-2H3/b4-3?,7-6-. The van der Waals surface area contributed by atoms with Gasteiger partial charge in [-0.2, -0.15) is 0 Å². The topological polar surface area (TPSA) is 72.7 Å². The molecule has 15 heavy (non-hydrogen) atoms. The highest BCUT2D eigenvalue weighted by molar-refractivity contribution is 5.95. The first-order valence-corrected chi connectivity index (χ1v) is 4.13. The molecule has 6 nitrogen and oxygen atoms in total. The zero-order valence-electron chi connectivity index (χ0n) is 8.34. The van der Waals surface area contributed by atoms with E-state index >= 15 is 0 Å². The summed E-state index contributed by atoms with van der Waals surface area (Å²) in [7, 11) is 3.53. The fourth-order valence-electron chi connectivity index (χ4n) is 0.992. The van der Waals surface area contributed by atoms with Crippen LogP contribution >= 0.6 is 0 Å². The Labute approximate surface area is 86.3 Å². The normalized spacial score (nSPS) is 18.1. The number of allylic oxidation sites excluding steroid dienone is 1. The number of esters is 1. The molecule has 6 heteroatoms. The number of cyclic esters (lactones) is 1. The summed E-state index contributed by atoms with van der Waals surface area (Å²) in [6.07, 6.45) is 4.88. The number of nitro groups is 1.